The van der Waals surface area contributed by atoms with Crippen molar-refractivity contribution in [3.8, 4) is 5.75 Å². The molecule has 5 nitrogen and oxygen atoms in total. The largest absolute Gasteiger partial charge is 0.497 e. The van der Waals surface area contributed by atoms with E-state index in [4.69, 9.17) is 4.74 Å². The standard InChI is InChI=1S/C24H33N3O2/c1-5-18(2)22-8-6-7-9-23(22)25-24(28)19(3)26-14-16-27(17-15-26)20-10-12-21(29-4)13-11-20/h6-13,18-19H,5,14-17H2,1-4H3,(H,25,28)/t18-,19+/m0/s1. The Balaban J connectivity index is 1.57. The first-order valence-electron chi connectivity index (χ1n) is 10.6. The lowest BCUT2D eigenvalue weighted by Crippen LogP contribution is -2.52. The molecule has 0 unspecified atom stereocenters. The molecule has 0 bridgehead atoms. The number of benzene rings is 2. The van der Waals surface area contributed by atoms with Gasteiger partial charge in [-0.25, -0.2) is 0 Å². The summed E-state index contributed by atoms with van der Waals surface area (Å²) in [7, 11) is 1.68. The first kappa shape index (κ1) is 21.2. The summed E-state index contributed by atoms with van der Waals surface area (Å²) in [6.07, 6.45) is 1.05. The minimum atomic E-state index is -0.155. The Morgan fingerprint density at radius 1 is 1.03 bits per heavy atom. The number of methoxy groups -OCH3 is 1. The highest BCUT2D eigenvalue weighted by atomic mass is 16.5. The highest BCUT2D eigenvalue weighted by Gasteiger charge is 2.26. The molecule has 3 rings (SSSR count). The maximum Gasteiger partial charge on any atom is 0.241 e. The van der Waals surface area contributed by atoms with E-state index < -0.39 is 0 Å². The van der Waals surface area contributed by atoms with Gasteiger partial charge in [-0.2, -0.15) is 0 Å². The van der Waals surface area contributed by atoms with Crippen LogP contribution in [0.2, 0.25) is 0 Å². The van der Waals surface area contributed by atoms with Crippen LogP contribution in [0.15, 0.2) is 48.5 Å². The molecule has 29 heavy (non-hydrogen) atoms. The third-order valence-electron chi connectivity index (χ3n) is 6.04. The predicted octanol–water partition coefficient (Wildman–Crippen LogP) is 4.36. The number of nitrogens with zero attached hydrogens (tertiary/aromatic N) is 2. The quantitative estimate of drug-likeness (QED) is 0.757. The van der Waals surface area contributed by atoms with Crippen molar-refractivity contribution < 1.29 is 9.53 Å². The van der Waals surface area contributed by atoms with Crippen LogP contribution in [0.3, 0.4) is 0 Å². The van der Waals surface area contributed by atoms with Crippen LogP contribution in [0.5, 0.6) is 5.75 Å². The number of carbonyl (C=O) groups excluding carboxylic acids is 1. The SMILES string of the molecule is CC[C@H](C)c1ccccc1NC(=O)[C@@H](C)N1CCN(c2ccc(OC)cc2)CC1. The zero-order valence-corrected chi connectivity index (χ0v) is 18.0. The van der Waals surface area contributed by atoms with Crippen molar-refractivity contribution in [2.75, 3.05) is 43.5 Å². The van der Waals surface area contributed by atoms with Crippen molar-refractivity contribution in [3.63, 3.8) is 0 Å². The van der Waals surface area contributed by atoms with E-state index in [0.29, 0.717) is 5.92 Å². The molecule has 0 radical (unpaired) electrons. The van der Waals surface area contributed by atoms with Crippen molar-refractivity contribution in [2.24, 2.45) is 0 Å². The van der Waals surface area contributed by atoms with E-state index in [-0.39, 0.29) is 11.9 Å². The van der Waals surface area contributed by atoms with E-state index in [1.54, 1.807) is 7.11 Å². The molecule has 0 spiro atoms. The van der Waals surface area contributed by atoms with Gasteiger partial charge in [0.1, 0.15) is 5.75 Å². The van der Waals surface area contributed by atoms with Gasteiger partial charge < -0.3 is 15.0 Å². The molecule has 1 heterocycles. The van der Waals surface area contributed by atoms with Gasteiger partial charge in [-0.05, 0) is 55.2 Å². The van der Waals surface area contributed by atoms with E-state index in [0.717, 1.165) is 44.0 Å². The number of nitrogens with one attached hydrogen (secondary N) is 1. The summed E-state index contributed by atoms with van der Waals surface area (Å²) in [6.45, 7) is 9.94. The Kier molecular flexibility index (Phi) is 7.15. The lowest BCUT2D eigenvalue weighted by Gasteiger charge is -2.38. The molecule has 1 amide bonds. The molecule has 156 valence electrons. The highest BCUT2D eigenvalue weighted by Crippen LogP contribution is 2.27. The van der Waals surface area contributed by atoms with Crippen LogP contribution in [0.25, 0.3) is 0 Å². The molecule has 2 aromatic carbocycles. The normalized spacial score (nSPS) is 16.9. The lowest BCUT2D eigenvalue weighted by atomic mass is 9.97. The molecule has 1 aliphatic heterocycles. The van der Waals surface area contributed by atoms with Gasteiger partial charge in [0.05, 0.1) is 13.2 Å². The molecule has 0 saturated carbocycles. The van der Waals surface area contributed by atoms with Gasteiger partial charge in [0.15, 0.2) is 0 Å². The van der Waals surface area contributed by atoms with E-state index in [9.17, 15) is 4.79 Å². The second kappa shape index (κ2) is 9.79. The van der Waals surface area contributed by atoms with Gasteiger partial charge in [-0.15, -0.1) is 0 Å². The Labute approximate surface area is 174 Å². The lowest BCUT2D eigenvalue weighted by molar-refractivity contribution is -0.120. The maximum atomic E-state index is 12.9. The van der Waals surface area contributed by atoms with Crippen LogP contribution in [-0.2, 0) is 4.79 Å². The van der Waals surface area contributed by atoms with Gasteiger partial charge in [0.25, 0.3) is 0 Å². The van der Waals surface area contributed by atoms with Crippen LogP contribution >= 0.6 is 0 Å². The molecule has 0 aliphatic carbocycles. The van der Waals surface area contributed by atoms with Crippen molar-refractivity contribution in [2.45, 2.75) is 39.2 Å². The van der Waals surface area contributed by atoms with E-state index in [2.05, 4.69) is 47.2 Å². The number of anilines is 2. The summed E-state index contributed by atoms with van der Waals surface area (Å²) in [5, 5.41) is 3.17. The predicted molar refractivity (Wildman–Crippen MR) is 120 cm³/mol. The second-order valence-corrected chi connectivity index (χ2v) is 7.78. The summed E-state index contributed by atoms with van der Waals surface area (Å²) in [4.78, 5) is 17.5. The molecule has 0 aromatic heterocycles. The van der Waals surface area contributed by atoms with Crippen LogP contribution in [-0.4, -0.2) is 50.1 Å². The molecular formula is C24H33N3O2. The molecule has 1 saturated heterocycles. The number of ether oxygens (including phenoxy) is 1. The number of hydrogen-bond acceptors (Lipinski definition) is 4. The van der Waals surface area contributed by atoms with Gasteiger partial charge in [0.2, 0.25) is 5.91 Å². The Morgan fingerprint density at radius 2 is 1.69 bits per heavy atom. The number of carbonyl (C=O) groups is 1. The molecule has 1 fully saturated rings. The number of amides is 1. The first-order valence-corrected chi connectivity index (χ1v) is 10.6. The van der Waals surface area contributed by atoms with E-state index in [1.165, 1.54) is 11.3 Å². The Hall–Kier alpha value is -2.53. The van der Waals surface area contributed by atoms with Crippen molar-refractivity contribution >= 4 is 17.3 Å². The third-order valence-corrected chi connectivity index (χ3v) is 6.04. The number of hydrogen-bond donors (Lipinski definition) is 1. The monoisotopic (exact) mass is 395 g/mol. The molecule has 2 aromatic rings. The molecule has 5 heteroatoms. The highest BCUT2D eigenvalue weighted by molar-refractivity contribution is 5.95. The number of rotatable bonds is 7. The van der Waals surface area contributed by atoms with Gasteiger partial charge in [-0.1, -0.05) is 32.0 Å². The third kappa shape index (κ3) is 5.10. The molecule has 1 aliphatic rings. The number of para-hydroxylation sites is 1. The van der Waals surface area contributed by atoms with Crippen LogP contribution in [0.1, 0.15) is 38.7 Å². The number of piperazine rings is 1. The summed E-state index contributed by atoms with van der Waals surface area (Å²) >= 11 is 0. The van der Waals surface area contributed by atoms with Gasteiger partial charge in [0, 0.05) is 37.6 Å². The minimum Gasteiger partial charge on any atom is -0.497 e. The molecular weight excluding hydrogens is 362 g/mol. The van der Waals surface area contributed by atoms with E-state index in [1.807, 2.05) is 37.3 Å². The van der Waals surface area contributed by atoms with Crippen LogP contribution < -0.4 is 15.0 Å². The molecule has 1 N–H and O–H groups in total. The molecule has 2 atom stereocenters. The van der Waals surface area contributed by atoms with Crippen LogP contribution in [0, 0.1) is 0 Å². The van der Waals surface area contributed by atoms with Gasteiger partial charge in [-0.3, -0.25) is 9.69 Å². The zero-order chi connectivity index (χ0) is 20.8. The summed E-state index contributed by atoms with van der Waals surface area (Å²) in [5.41, 5.74) is 3.35. The average Bonchev–Trinajstić information content (AvgIpc) is 2.78. The van der Waals surface area contributed by atoms with Crippen LogP contribution in [0.4, 0.5) is 11.4 Å². The van der Waals surface area contributed by atoms with Gasteiger partial charge >= 0.3 is 0 Å². The Bertz CT molecular complexity index is 798. The fourth-order valence-corrected chi connectivity index (χ4v) is 3.82. The average molecular weight is 396 g/mol. The van der Waals surface area contributed by atoms with E-state index >= 15 is 0 Å². The summed E-state index contributed by atoms with van der Waals surface area (Å²) in [6, 6.07) is 16.2. The Morgan fingerprint density at radius 3 is 2.31 bits per heavy atom. The summed E-state index contributed by atoms with van der Waals surface area (Å²) in [5.74, 6) is 1.36. The fraction of sp³-hybridized carbons (Fsp3) is 0.458. The second-order valence-electron chi connectivity index (χ2n) is 7.78. The topological polar surface area (TPSA) is 44.8 Å². The van der Waals surface area contributed by atoms with Crippen molar-refractivity contribution in [3.05, 3.63) is 54.1 Å². The smallest absolute Gasteiger partial charge is 0.241 e. The minimum absolute atomic E-state index is 0.0682. The summed E-state index contributed by atoms with van der Waals surface area (Å²) < 4.78 is 5.24. The first-order chi connectivity index (χ1) is 14.0. The van der Waals surface area contributed by atoms with Crippen molar-refractivity contribution in [1.29, 1.82) is 0 Å². The maximum absolute atomic E-state index is 12.9. The van der Waals surface area contributed by atoms with Crippen molar-refractivity contribution in [1.82, 2.24) is 4.90 Å². The fourth-order valence-electron chi connectivity index (χ4n) is 3.82. The zero-order valence-electron chi connectivity index (χ0n) is 18.0.